The van der Waals surface area contributed by atoms with Gasteiger partial charge in [0.25, 0.3) is 0 Å². The Hall–Kier alpha value is -0.120. The van der Waals surface area contributed by atoms with Crippen LogP contribution < -0.4 is 5.32 Å². The Morgan fingerprint density at radius 2 is 1.89 bits per heavy atom. The third-order valence-electron chi connectivity index (χ3n) is 5.14. The first-order chi connectivity index (χ1) is 9.04. The van der Waals surface area contributed by atoms with Crippen LogP contribution >= 0.6 is 0 Å². The fraction of sp³-hybridized carbons (Fsp3) is 1.00. The Morgan fingerprint density at radius 3 is 2.47 bits per heavy atom. The molecule has 0 aromatic rings. The quantitative estimate of drug-likeness (QED) is 0.744. The summed E-state index contributed by atoms with van der Waals surface area (Å²) in [5.41, 5.74) is 0.328. The van der Waals surface area contributed by atoms with Gasteiger partial charge < -0.3 is 15.3 Å². The van der Waals surface area contributed by atoms with E-state index in [2.05, 4.69) is 31.1 Å². The van der Waals surface area contributed by atoms with Gasteiger partial charge in [0.15, 0.2) is 0 Å². The van der Waals surface area contributed by atoms with E-state index in [9.17, 15) is 5.11 Å². The highest BCUT2D eigenvalue weighted by atomic mass is 16.3. The molecular weight excluding hydrogens is 236 g/mol. The lowest BCUT2D eigenvalue weighted by molar-refractivity contribution is 0.0139. The first kappa shape index (κ1) is 15.3. The van der Waals surface area contributed by atoms with Crippen LogP contribution in [0.15, 0.2) is 0 Å². The predicted octanol–water partition coefficient (Wildman–Crippen LogP) is 2.39. The molecule has 3 unspecified atom stereocenters. The number of hydrogen-bond donors (Lipinski definition) is 2. The van der Waals surface area contributed by atoms with E-state index in [1.807, 2.05) is 0 Å². The molecule has 0 radical (unpaired) electrons. The van der Waals surface area contributed by atoms with Gasteiger partial charge >= 0.3 is 0 Å². The zero-order chi connectivity index (χ0) is 13.9. The lowest BCUT2D eigenvalue weighted by atomic mass is 9.84. The van der Waals surface area contributed by atoms with E-state index >= 15 is 0 Å². The molecule has 0 bridgehead atoms. The number of aliphatic hydroxyl groups is 1. The van der Waals surface area contributed by atoms with Crippen LogP contribution in [0.3, 0.4) is 0 Å². The minimum atomic E-state index is -0.115. The van der Waals surface area contributed by atoms with Gasteiger partial charge in [-0.2, -0.15) is 0 Å². The highest BCUT2D eigenvalue weighted by Crippen LogP contribution is 2.28. The Morgan fingerprint density at radius 1 is 1.21 bits per heavy atom. The number of likely N-dealkylation sites (N-methyl/N-ethyl adjacent to an activating group) is 1. The number of nitrogens with one attached hydrogen (secondary N) is 1. The second-order valence-corrected chi connectivity index (χ2v) is 7.15. The summed E-state index contributed by atoms with van der Waals surface area (Å²) in [6, 6.07) is 1.16. The van der Waals surface area contributed by atoms with Crippen molar-refractivity contribution < 1.29 is 5.11 Å². The van der Waals surface area contributed by atoms with Gasteiger partial charge in [-0.1, -0.05) is 26.7 Å². The van der Waals surface area contributed by atoms with Gasteiger partial charge in [-0.25, -0.2) is 0 Å². The molecule has 2 aliphatic carbocycles. The summed E-state index contributed by atoms with van der Waals surface area (Å²) in [7, 11) is 2.20. The molecule has 0 amide bonds. The van der Waals surface area contributed by atoms with Crippen molar-refractivity contribution in [2.24, 2.45) is 5.41 Å². The van der Waals surface area contributed by atoms with Gasteiger partial charge in [0.05, 0.1) is 6.10 Å². The van der Waals surface area contributed by atoms with Crippen molar-refractivity contribution in [2.75, 3.05) is 20.1 Å². The number of rotatable bonds is 7. The zero-order valence-electron chi connectivity index (χ0n) is 13.0. The van der Waals surface area contributed by atoms with Crippen LogP contribution in [0.4, 0.5) is 0 Å². The molecule has 2 fully saturated rings. The van der Waals surface area contributed by atoms with Crippen molar-refractivity contribution in [2.45, 2.75) is 77.0 Å². The predicted molar refractivity (Wildman–Crippen MR) is 80.3 cm³/mol. The molecule has 3 atom stereocenters. The number of hydrogen-bond acceptors (Lipinski definition) is 3. The maximum absolute atomic E-state index is 10.2. The molecule has 2 aliphatic rings. The lowest BCUT2D eigenvalue weighted by Crippen LogP contribution is -2.49. The van der Waals surface area contributed by atoms with Crippen molar-refractivity contribution in [1.82, 2.24) is 10.2 Å². The number of nitrogens with zero attached hydrogens (tertiary/aromatic N) is 1. The van der Waals surface area contributed by atoms with Crippen molar-refractivity contribution in [3.63, 3.8) is 0 Å². The first-order valence-corrected chi connectivity index (χ1v) is 8.16. The lowest BCUT2D eigenvalue weighted by Gasteiger charge is -2.40. The second-order valence-electron chi connectivity index (χ2n) is 7.15. The van der Waals surface area contributed by atoms with Crippen LogP contribution in [0.2, 0.25) is 0 Å². The SMILES string of the molecule is CCC(C)(CNC1CC1)CN(C)C1CCCCC1O. The van der Waals surface area contributed by atoms with Gasteiger partial charge in [-0.3, -0.25) is 0 Å². The molecule has 112 valence electrons. The van der Waals surface area contributed by atoms with Crippen LogP contribution in [-0.2, 0) is 0 Å². The Kier molecular flexibility index (Phi) is 5.27. The molecule has 0 heterocycles. The van der Waals surface area contributed by atoms with Crippen molar-refractivity contribution in [3.8, 4) is 0 Å². The molecule has 3 heteroatoms. The normalized spacial score (nSPS) is 31.4. The first-order valence-electron chi connectivity index (χ1n) is 8.16. The van der Waals surface area contributed by atoms with E-state index in [1.165, 1.54) is 32.1 Å². The molecule has 2 N–H and O–H groups in total. The van der Waals surface area contributed by atoms with Crippen LogP contribution in [0, 0.1) is 5.41 Å². The maximum Gasteiger partial charge on any atom is 0.0695 e. The summed E-state index contributed by atoms with van der Waals surface area (Å²) in [5, 5.41) is 13.9. The monoisotopic (exact) mass is 268 g/mol. The van der Waals surface area contributed by atoms with Gasteiger partial charge in [0, 0.05) is 25.2 Å². The molecule has 0 aliphatic heterocycles. The van der Waals surface area contributed by atoms with E-state index in [0.717, 1.165) is 32.0 Å². The fourth-order valence-electron chi connectivity index (χ4n) is 3.30. The third kappa shape index (κ3) is 4.44. The van der Waals surface area contributed by atoms with E-state index in [-0.39, 0.29) is 6.10 Å². The van der Waals surface area contributed by atoms with Crippen LogP contribution in [0.25, 0.3) is 0 Å². The van der Waals surface area contributed by atoms with Gasteiger partial charge in [0.2, 0.25) is 0 Å². The molecule has 0 spiro atoms. The molecule has 0 saturated heterocycles. The standard InChI is InChI=1S/C16H32N2O/c1-4-16(2,11-17-13-9-10-13)12-18(3)14-7-5-6-8-15(14)19/h13-15,17,19H,4-12H2,1-3H3. The van der Waals surface area contributed by atoms with Crippen LogP contribution in [0.5, 0.6) is 0 Å². The smallest absolute Gasteiger partial charge is 0.0695 e. The van der Waals surface area contributed by atoms with E-state index < -0.39 is 0 Å². The molecule has 3 nitrogen and oxygen atoms in total. The van der Waals surface area contributed by atoms with Crippen LogP contribution in [-0.4, -0.2) is 48.3 Å². The highest BCUT2D eigenvalue weighted by molar-refractivity contribution is 4.89. The van der Waals surface area contributed by atoms with Crippen LogP contribution in [0.1, 0.15) is 58.8 Å². The maximum atomic E-state index is 10.2. The van der Waals surface area contributed by atoms with Crippen molar-refractivity contribution >= 4 is 0 Å². The second kappa shape index (κ2) is 6.55. The Balaban J connectivity index is 1.84. The van der Waals surface area contributed by atoms with Crippen molar-refractivity contribution in [3.05, 3.63) is 0 Å². The molecular formula is C16H32N2O. The molecule has 2 rings (SSSR count). The molecule has 0 aromatic carbocycles. The third-order valence-corrected chi connectivity index (χ3v) is 5.14. The van der Waals surface area contributed by atoms with E-state index in [1.54, 1.807) is 0 Å². The molecule has 0 aromatic heterocycles. The summed E-state index contributed by atoms with van der Waals surface area (Å²) in [5.74, 6) is 0. The average Bonchev–Trinajstić information content (AvgIpc) is 3.21. The summed E-state index contributed by atoms with van der Waals surface area (Å²) < 4.78 is 0. The highest BCUT2D eigenvalue weighted by Gasteiger charge is 2.32. The van der Waals surface area contributed by atoms with Gasteiger partial charge in [-0.05, 0) is 44.6 Å². The number of aliphatic hydroxyl groups excluding tert-OH is 1. The van der Waals surface area contributed by atoms with Gasteiger partial charge in [0.1, 0.15) is 0 Å². The zero-order valence-corrected chi connectivity index (χ0v) is 13.0. The van der Waals surface area contributed by atoms with Crippen molar-refractivity contribution in [1.29, 1.82) is 0 Å². The summed E-state index contributed by atoms with van der Waals surface area (Å²) in [4.78, 5) is 2.42. The van der Waals surface area contributed by atoms with E-state index in [0.29, 0.717) is 11.5 Å². The fourth-order valence-corrected chi connectivity index (χ4v) is 3.30. The minimum Gasteiger partial charge on any atom is -0.391 e. The van der Waals surface area contributed by atoms with E-state index in [4.69, 9.17) is 0 Å². The largest absolute Gasteiger partial charge is 0.391 e. The molecule has 2 saturated carbocycles. The topological polar surface area (TPSA) is 35.5 Å². The Labute approximate surface area is 118 Å². The molecule has 19 heavy (non-hydrogen) atoms. The summed E-state index contributed by atoms with van der Waals surface area (Å²) in [6.07, 6.45) is 8.41. The summed E-state index contributed by atoms with van der Waals surface area (Å²) in [6.45, 7) is 6.88. The van der Waals surface area contributed by atoms with Gasteiger partial charge in [-0.15, -0.1) is 0 Å². The minimum absolute atomic E-state index is 0.115. The summed E-state index contributed by atoms with van der Waals surface area (Å²) >= 11 is 0. The average molecular weight is 268 g/mol. The Bertz CT molecular complexity index is 280.